The molecule has 0 radical (unpaired) electrons. The number of ether oxygens (including phenoxy) is 1. The van der Waals surface area contributed by atoms with Crippen molar-refractivity contribution < 1.29 is 14.6 Å². The Morgan fingerprint density at radius 3 is 2.25 bits per heavy atom. The molecule has 2 saturated carbocycles. The van der Waals surface area contributed by atoms with E-state index in [-0.39, 0.29) is 23.0 Å². The number of hydrogen-bond acceptors (Lipinski definition) is 6. The highest BCUT2D eigenvalue weighted by Crippen LogP contribution is 2.63. The van der Waals surface area contributed by atoms with Crippen molar-refractivity contribution in [1.29, 1.82) is 0 Å². The molecular weight excluding hydrogens is 645 g/mol. The maximum Gasteiger partial charge on any atom is 0.164 e. The van der Waals surface area contributed by atoms with Gasteiger partial charge in [0.15, 0.2) is 5.78 Å². The molecule has 1 N–H and O–H groups in total. The van der Waals surface area contributed by atoms with E-state index < -0.39 is 11.0 Å². The van der Waals surface area contributed by atoms with Gasteiger partial charge in [0.25, 0.3) is 0 Å². The molecule has 1 aromatic carbocycles. The summed E-state index contributed by atoms with van der Waals surface area (Å²) in [6.45, 7) is 17.7. The lowest BCUT2D eigenvalue weighted by Gasteiger charge is -2.61. The average molecular weight is 705 g/mol. The number of nitrogens with zero attached hydrogens (tertiary/aromatic N) is 4. The lowest BCUT2D eigenvalue weighted by molar-refractivity contribution is -0.169. The molecule has 52 heavy (non-hydrogen) atoms. The zero-order chi connectivity index (χ0) is 37.5. The zero-order valence-corrected chi connectivity index (χ0v) is 32.8. The van der Waals surface area contributed by atoms with Crippen molar-refractivity contribution in [1.82, 2.24) is 20.0 Å². The molecule has 0 spiro atoms. The maximum absolute atomic E-state index is 14.1. The SMILES string of the molecule is CC(C)=CCC/C(C)=C/CC/C(C)=C/CC[C@@H]1[C@@]2(C)C/C(=C\c3ccc(OCc4cn(-c5ccncc5)nn4)cc3)C(=O)C(C)(C)[C@@H]2CC[C@@]1(C)O. The summed E-state index contributed by atoms with van der Waals surface area (Å²) in [7, 11) is 0. The lowest BCUT2D eigenvalue weighted by atomic mass is 9.44. The van der Waals surface area contributed by atoms with Crippen molar-refractivity contribution in [2.75, 3.05) is 0 Å². The molecule has 0 bridgehead atoms. The number of aromatic nitrogens is 4. The van der Waals surface area contributed by atoms with Gasteiger partial charge < -0.3 is 9.84 Å². The Morgan fingerprint density at radius 1 is 0.923 bits per heavy atom. The van der Waals surface area contributed by atoms with Gasteiger partial charge in [0, 0.05) is 17.8 Å². The monoisotopic (exact) mass is 704 g/mol. The van der Waals surface area contributed by atoms with Crippen molar-refractivity contribution in [2.45, 2.75) is 125 Å². The summed E-state index contributed by atoms with van der Waals surface area (Å²) in [5, 5.41) is 20.3. The van der Waals surface area contributed by atoms with Gasteiger partial charge in [-0.05, 0) is 151 Å². The van der Waals surface area contributed by atoms with Gasteiger partial charge in [-0.3, -0.25) is 9.78 Å². The molecule has 2 aliphatic carbocycles. The molecule has 2 aliphatic rings. The molecule has 0 amide bonds. The van der Waals surface area contributed by atoms with E-state index in [0.717, 1.165) is 79.6 Å². The molecule has 3 aromatic rings. The van der Waals surface area contributed by atoms with Crippen LogP contribution in [0.1, 0.15) is 124 Å². The van der Waals surface area contributed by atoms with Gasteiger partial charge in [-0.25, -0.2) is 4.68 Å². The standard InChI is InChI=1S/C45H60N4O3/c1-32(2)12-9-13-33(3)14-10-15-34(4)16-11-17-41-44(7)29-36(42(50)43(5,6)40(44)22-25-45(41,8)51)28-35-18-20-39(21-19-35)52-31-37-30-49(48-47-37)38-23-26-46-27-24-38/h12,14,16,18-21,23-24,26-28,30,40-41,51H,9-11,13,15,17,22,25,29,31H2,1-8H3/b33-14+,34-16+,36-28+/t40-,41+,44-,45+/m0/s1. The van der Waals surface area contributed by atoms with E-state index in [1.807, 2.05) is 49.5 Å². The molecule has 0 saturated heterocycles. The van der Waals surface area contributed by atoms with Crippen molar-refractivity contribution in [3.05, 3.63) is 107 Å². The fourth-order valence-electron chi connectivity index (χ4n) is 8.99. The quantitative estimate of drug-likeness (QED) is 0.133. The van der Waals surface area contributed by atoms with Crippen LogP contribution in [-0.2, 0) is 11.4 Å². The summed E-state index contributed by atoms with van der Waals surface area (Å²) in [4.78, 5) is 18.1. The van der Waals surface area contributed by atoms with E-state index in [9.17, 15) is 9.90 Å². The van der Waals surface area contributed by atoms with Crippen LogP contribution in [0, 0.1) is 22.7 Å². The van der Waals surface area contributed by atoms with Crippen molar-refractivity contribution >= 4 is 11.9 Å². The number of rotatable bonds is 14. The number of benzene rings is 1. The van der Waals surface area contributed by atoms with Crippen LogP contribution >= 0.6 is 0 Å². The summed E-state index contributed by atoms with van der Waals surface area (Å²) in [6, 6.07) is 11.6. The van der Waals surface area contributed by atoms with Gasteiger partial charge in [-0.2, -0.15) is 0 Å². The van der Waals surface area contributed by atoms with Crippen LogP contribution < -0.4 is 4.74 Å². The van der Waals surface area contributed by atoms with Crippen LogP contribution in [-0.4, -0.2) is 36.5 Å². The van der Waals surface area contributed by atoms with Crippen LogP contribution in [0.2, 0.25) is 0 Å². The first kappa shape index (κ1) is 39.1. The van der Waals surface area contributed by atoms with Crippen LogP contribution in [0.25, 0.3) is 11.8 Å². The predicted octanol–water partition coefficient (Wildman–Crippen LogP) is 10.6. The molecule has 2 heterocycles. The van der Waals surface area contributed by atoms with Gasteiger partial charge in [0.05, 0.1) is 17.5 Å². The van der Waals surface area contributed by atoms with Gasteiger partial charge in [0.1, 0.15) is 18.1 Å². The topological polar surface area (TPSA) is 90.1 Å². The second-order valence-electron chi connectivity index (χ2n) is 16.7. The van der Waals surface area contributed by atoms with E-state index >= 15 is 0 Å². The zero-order valence-electron chi connectivity index (χ0n) is 32.8. The smallest absolute Gasteiger partial charge is 0.164 e. The summed E-state index contributed by atoms with van der Waals surface area (Å²) in [5.74, 6) is 1.25. The Balaban J connectivity index is 1.24. The third kappa shape index (κ3) is 9.46. The van der Waals surface area contributed by atoms with Crippen molar-refractivity contribution in [3.63, 3.8) is 0 Å². The largest absolute Gasteiger partial charge is 0.487 e. The molecule has 2 aromatic heterocycles. The van der Waals surface area contributed by atoms with Crippen molar-refractivity contribution in [2.24, 2.45) is 22.7 Å². The first-order valence-corrected chi connectivity index (χ1v) is 19.2. The molecule has 278 valence electrons. The van der Waals surface area contributed by atoms with Gasteiger partial charge in [-0.15, -0.1) is 5.10 Å². The van der Waals surface area contributed by atoms with Crippen LogP contribution in [0.3, 0.4) is 0 Å². The highest BCUT2D eigenvalue weighted by Gasteiger charge is 2.61. The summed E-state index contributed by atoms with van der Waals surface area (Å²) >= 11 is 0. The Morgan fingerprint density at radius 2 is 1.58 bits per heavy atom. The number of Topliss-reactive ketones (excluding diaryl/α,β-unsaturated/α-hetero) is 1. The number of aliphatic hydroxyl groups is 1. The molecule has 5 rings (SSSR count). The Kier molecular flexibility index (Phi) is 12.6. The minimum Gasteiger partial charge on any atom is -0.487 e. The Hall–Kier alpha value is -4.10. The molecule has 0 unspecified atom stereocenters. The van der Waals surface area contributed by atoms with Crippen LogP contribution in [0.5, 0.6) is 5.75 Å². The van der Waals surface area contributed by atoms with E-state index in [0.29, 0.717) is 13.0 Å². The maximum atomic E-state index is 14.1. The third-order valence-corrected chi connectivity index (χ3v) is 11.7. The number of pyridine rings is 1. The second kappa shape index (κ2) is 16.7. The lowest BCUT2D eigenvalue weighted by Crippen LogP contribution is -2.60. The van der Waals surface area contributed by atoms with E-state index in [1.54, 1.807) is 17.1 Å². The average Bonchev–Trinajstić information content (AvgIpc) is 3.57. The number of fused-ring (bicyclic) bond motifs is 1. The summed E-state index contributed by atoms with van der Waals surface area (Å²) in [6.07, 6.45) is 22.9. The normalized spacial score (nSPS) is 25.6. The van der Waals surface area contributed by atoms with Crippen LogP contribution in [0.4, 0.5) is 0 Å². The molecular formula is C45H60N4O3. The Labute approximate surface area is 312 Å². The molecule has 0 aliphatic heterocycles. The van der Waals surface area contributed by atoms with Crippen LogP contribution in [0.15, 0.2) is 95.5 Å². The Bertz CT molecular complexity index is 1790. The number of carbonyl (C=O) groups excluding carboxylic acids is 1. The third-order valence-electron chi connectivity index (χ3n) is 11.7. The predicted molar refractivity (Wildman–Crippen MR) is 211 cm³/mol. The fraction of sp³-hybridized carbons (Fsp3) is 0.511. The second-order valence-corrected chi connectivity index (χ2v) is 16.7. The minimum atomic E-state index is -0.775. The fourth-order valence-corrected chi connectivity index (χ4v) is 8.99. The highest BCUT2D eigenvalue weighted by atomic mass is 16.5. The number of allylic oxidation sites excluding steroid dienone is 7. The first-order chi connectivity index (χ1) is 24.7. The molecule has 7 nitrogen and oxygen atoms in total. The van der Waals surface area contributed by atoms with Gasteiger partial charge in [0.2, 0.25) is 0 Å². The molecule has 2 fully saturated rings. The van der Waals surface area contributed by atoms with Gasteiger partial charge >= 0.3 is 0 Å². The van der Waals surface area contributed by atoms with Gasteiger partial charge in [-0.1, -0.05) is 73.1 Å². The van der Waals surface area contributed by atoms with E-state index in [4.69, 9.17) is 4.74 Å². The molecule has 4 atom stereocenters. The van der Waals surface area contributed by atoms with E-state index in [2.05, 4.69) is 88.1 Å². The molecule has 7 heteroatoms. The summed E-state index contributed by atoms with van der Waals surface area (Å²) < 4.78 is 7.72. The minimum absolute atomic E-state index is 0.0862. The number of ketones is 1. The first-order valence-electron chi connectivity index (χ1n) is 19.2. The highest BCUT2D eigenvalue weighted by molar-refractivity contribution is 6.04. The number of hydrogen-bond donors (Lipinski definition) is 1. The summed E-state index contributed by atoms with van der Waals surface area (Å²) in [5.41, 5.74) is 6.20. The van der Waals surface area contributed by atoms with Crippen molar-refractivity contribution in [3.8, 4) is 11.4 Å². The number of carbonyl (C=O) groups is 1. The van der Waals surface area contributed by atoms with E-state index in [1.165, 1.54) is 16.7 Å².